The zero-order valence-electron chi connectivity index (χ0n) is 17.7. The molecule has 0 aromatic carbocycles. The zero-order valence-corrected chi connectivity index (χ0v) is 17.7. The molecule has 2 saturated heterocycles. The van der Waals surface area contributed by atoms with E-state index in [4.69, 9.17) is 58.1 Å². The molecule has 0 radical (unpaired) electrons. The van der Waals surface area contributed by atoms with E-state index in [0.717, 1.165) is 0 Å². The minimum atomic E-state index is -1.22. The van der Waals surface area contributed by atoms with Gasteiger partial charge in [0.25, 0.3) is 0 Å². The summed E-state index contributed by atoms with van der Waals surface area (Å²) in [5, 5.41) is 21.2. The SMILES string of the molecule is CO[C@H]1CO[C@@H](O[C@@H]2[C@H](O)[C@@H](O[C@H]3O[C@@H](CN)C[C@@H](O)[C@H]3N)[C@@H](N)C[C@H]2N)[C@H](N)[C@H]1N. The van der Waals surface area contributed by atoms with Crippen LogP contribution in [0.5, 0.6) is 0 Å². The summed E-state index contributed by atoms with van der Waals surface area (Å²) in [5.41, 5.74) is 36.4. The molecule has 31 heavy (non-hydrogen) atoms. The minimum absolute atomic E-state index is 0.191. The lowest BCUT2D eigenvalue weighted by molar-refractivity contribution is -0.287. The lowest BCUT2D eigenvalue weighted by Crippen LogP contribution is -2.68. The van der Waals surface area contributed by atoms with Crippen molar-refractivity contribution < 1.29 is 33.9 Å². The summed E-state index contributed by atoms with van der Waals surface area (Å²) in [5.74, 6) is 0. The summed E-state index contributed by atoms with van der Waals surface area (Å²) >= 11 is 0. The molecule has 2 aliphatic heterocycles. The second-order valence-electron chi connectivity index (χ2n) is 8.63. The maximum absolute atomic E-state index is 11.0. The van der Waals surface area contributed by atoms with Crippen LogP contribution < -0.4 is 34.4 Å². The third kappa shape index (κ3) is 5.35. The normalized spacial score (nSPS) is 51.6. The van der Waals surface area contributed by atoms with Crippen molar-refractivity contribution in [3.63, 3.8) is 0 Å². The van der Waals surface area contributed by atoms with Crippen molar-refractivity contribution in [1.29, 1.82) is 0 Å². The van der Waals surface area contributed by atoms with Crippen LogP contribution >= 0.6 is 0 Å². The predicted octanol–water partition coefficient (Wildman–Crippen LogP) is -5.04. The Morgan fingerprint density at radius 3 is 2.06 bits per heavy atom. The maximum atomic E-state index is 11.0. The van der Waals surface area contributed by atoms with E-state index in [2.05, 4.69) is 0 Å². The van der Waals surface area contributed by atoms with Crippen molar-refractivity contribution in [3.8, 4) is 0 Å². The topological polar surface area (TPSA) is 243 Å². The van der Waals surface area contributed by atoms with Crippen LogP contribution in [-0.4, -0.2) is 110 Å². The van der Waals surface area contributed by atoms with Gasteiger partial charge >= 0.3 is 0 Å². The molecule has 1 aliphatic carbocycles. The zero-order chi connectivity index (χ0) is 22.9. The molecule has 0 aromatic rings. The van der Waals surface area contributed by atoms with Crippen LogP contribution in [0.25, 0.3) is 0 Å². The first kappa shape index (κ1) is 25.1. The van der Waals surface area contributed by atoms with Crippen molar-refractivity contribution in [2.45, 2.75) is 92.3 Å². The van der Waals surface area contributed by atoms with Crippen LogP contribution in [0.15, 0.2) is 0 Å². The summed E-state index contributed by atoms with van der Waals surface area (Å²) in [6, 6.07) is -3.24. The number of hydrogen-bond donors (Lipinski definition) is 8. The van der Waals surface area contributed by atoms with E-state index in [-0.39, 0.29) is 19.3 Å². The highest BCUT2D eigenvalue weighted by Crippen LogP contribution is 2.29. The Balaban J connectivity index is 1.68. The molecular weight excluding hydrogens is 412 g/mol. The largest absolute Gasteiger partial charge is 0.391 e. The molecule has 14 N–H and O–H groups in total. The van der Waals surface area contributed by atoms with Gasteiger partial charge in [-0.3, -0.25) is 0 Å². The van der Waals surface area contributed by atoms with Gasteiger partial charge in [0.15, 0.2) is 12.6 Å². The monoisotopic (exact) mass is 450 g/mol. The fraction of sp³-hybridized carbons (Fsp3) is 1.00. The number of methoxy groups -OCH3 is 1. The Hall–Kier alpha value is -0.520. The van der Waals surface area contributed by atoms with Gasteiger partial charge in [-0.25, -0.2) is 0 Å². The fourth-order valence-electron chi connectivity index (χ4n) is 4.36. The maximum Gasteiger partial charge on any atom is 0.176 e. The van der Waals surface area contributed by atoms with Crippen LogP contribution in [0, 0.1) is 0 Å². The molecule has 0 unspecified atom stereocenters. The molecule has 0 spiro atoms. The summed E-state index contributed by atoms with van der Waals surface area (Å²) in [6.07, 6.45) is -5.96. The highest BCUT2D eigenvalue weighted by atomic mass is 16.7. The molecule has 182 valence electrons. The average molecular weight is 451 g/mol. The molecule has 3 fully saturated rings. The molecule has 13 atom stereocenters. The minimum Gasteiger partial charge on any atom is -0.391 e. The van der Waals surface area contributed by atoms with Gasteiger partial charge in [-0.05, 0) is 6.42 Å². The van der Waals surface area contributed by atoms with Crippen molar-refractivity contribution in [2.75, 3.05) is 20.3 Å². The van der Waals surface area contributed by atoms with E-state index in [0.29, 0.717) is 12.8 Å². The van der Waals surface area contributed by atoms with Crippen LogP contribution in [0.1, 0.15) is 12.8 Å². The van der Waals surface area contributed by atoms with Crippen LogP contribution in [0.2, 0.25) is 0 Å². The van der Waals surface area contributed by atoms with E-state index in [1.54, 1.807) is 0 Å². The van der Waals surface area contributed by atoms with Crippen LogP contribution in [0.4, 0.5) is 0 Å². The number of aliphatic hydroxyl groups excluding tert-OH is 2. The Morgan fingerprint density at radius 1 is 0.871 bits per heavy atom. The van der Waals surface area contributed by atoms with Crippen molar-refractivity contribution in [1.82, 2.24) is 0 Å². The molecule has 2 heterocycles. The highest BCUT2D eigenvalue weighted by Gasteiger charge is 2.48. The van der Waals surface area contributed by atoms with E-state index < -0.39 is 73.3 Å². The van der Waals surface area contributed by atoms with Gasteiger partial charge in [0.1, 0.15) is 18.3 Å². The van der Waals surface area contributed by atoms with Crippen LogP contribution in [-0.2, 0) is 23.7 Å². The van der Waals surface area contributed by atoms with Crippen molar-refractivity contribution in [2.24, 2.45) is 34.4 Å². The fourth-order valence-corrected chi connectivity index (χ4v) is 4.36. The quantitative estimate of drug-likeness (QED) is 0.189. The third-order valence-corrected chi connectivity index (χ3v) is 6.41. The van der Waals surface area contributed by atoms with Gasteiger partial charge in [-0.2, -0.15) is 0 Å². The first-order chi connectivity index (χ1) is 14.7. The molecule has 1 saturated carbocycles. The van der Waals surface area contributed by atoms with Crippen molar-refractivity contribution in [3.05, 3.63) is 0 Å². The summed E-state index contributed by atoms with van der Waals surface area (Å²) in [6.45, 7) is 0.385. The number of ether oxygens (including phenoxy) is 5. The van der Waals surface area contributed by atoms with Crippen molar-refractivity contribution >= 4 is 0 Å². The van der Waals surface area contributed by atoms with Gasteiger partial charge in [0, 0.05) is 32.2 Å². The standard InChI is InChI=1S/C18H38N6O7/c1-27-10-5-28-17(13(24)12(10)23)30-15-7(20)3-8(21)16(14(15)26)31-18-11(22)9(25)2-6(4-19)29-18/h6-18,25-26H,2-5,19-24H2,1H3/t6-,7-,8+,9-,10+,11-,12+,13-,14+,15+,16+,17+,18-/m1/s1. The predicted molar refractivity (Wildman–Crippen MR) is 109 cm³/mol. The number of hydrogen-bond acceptors (Lipinski definition) is 13. The summed E-state index contributed by atoms with van der Waals surface area (Å²) in [7, 11) is 1.52. The molecule has 13 heteroatoms. The molecule has 0 bridgehead atoms. The first-order valence-corrected chi connectivity index (χ1v) is 10.6. The smallest absolute Gasteiger partial charge is 0.176 e. The van der Waals surface area contributed by atoms with E-state index in [9.17, 15) is 10.2 Å². The Kier molecular flexibility index (Phi) is 8.59. The van der Waals surface area contributed by atoms with Gasteiger partial charge < -0.3 is 68.3 Å². The number of rotatable bonds is 6. The lowest BCUT2D eigenvalue weighted by atomic mass is 9.84. The van der Waals surface area contributed by atoms with Gasteiger partial charge in [0.05, 0.1) is 43.0 Å². The van der Waals surface area contributed by atoms with Gasteiger partial charge in [0.2, 0.25) is 0 Å². The van der Waals surface area contributed by atoms with Gasteiger partial charge in [-0.15, -0.1) is 0 Å². The van der Waals surface area contributed by atoms with E-state index in [1.165, 1.54) is 7.11 Å². The summed E-state index contributed by atoms with van der Waals surface area (Å²) in [4.78, 5) is 0. The van der Waals surface area contributed by atoms with E-state index >= 15 is 0 Å². The average Bonchev–Trinajstić information content (AvgIpc) is 2.74. The Labute approximate surface area is 181 Å². The number of nitrogens with two attached hydrogens (primary N) is 6. The second-order valence-corrected chi connectivity index (χ2v) is 8.63. The number of aliphatic hydroxyl groups is 2. The highest BCUT2D eigenvalue weighted by molar-refractivity contribution is 5.01. The summed E-state index contributed by atoms with van der Waals surface area (Å²) < 4.78 is 28.5. The molecule has 3 rings (SSSR count). The second kappa shape index (κ2) is 10.6. The van der Waals surface area contributed by atoms with E-state index in [1.807, 2.05) is 0 Å². The molecule has 0 amide bonds. The third-order valence-electron chi connectivity index (χ3n) is 6.41. The lowest BCUT2D eigenvalue weighted by Gasteiger charge is -2.47. The molecular formula is C18H38N6O7. The Bertz CT molecular complexity index is 580. The molecule has 0 aromatic heterocycles. The van der Waals surface area contributed by atoms with Crippen LogP contribution in [0.3, 0.4) is 0 Å². The van der Waals surface area contributed by atoms with Gasteiger partial charge in [-0.1, -0.05) is 0 Å². The Morgan fingerprint density at radius 2 is 1.48 bits per heavy atom. The molecule has 13 nitrogen and oxygen atoms in total. The molecule has 3 aliphatic rings. The first-order valence-electron chi connectivity index (χ1n) is 10.6.